The van der Waals surface area contributed by atoms with Gasteiger partial charge in [-0.3, -0.25) is 4.79 Å². The van der Waals surface area contributed by atoms with E-state index in [9.17, 15) is 4.79 Å². The van der Waals surface area contributed by atoms with Crippen LogP contribution in [0.25, 0.3) is 16.3 Å². The zero-order chi connectivity index (χ0) is 28.7. The largest absolute Gasteiger partial charge is 0.371 e. The van der Waals surface area contributed by atoms with Gasteiger partial charge in [-0.2, -0.15) is 0 Å². The number of carbonyl (C=O) groups excluding carboxylic acids is 1. The van der Waals surface area contributed by atoms with Crippen molar-refractivity contribution in [3.8, 4) is 0 Å². The molecule has 1 atom stereocenters. The van der Waals surface area contributed by atoms with E-state index in [4.69, 9.17) is 16.6 Å². The number of piperazine rings is 1. The van der Waals surface area contributed by atoms with Crippen LogP contribution in [0, 0.1) is 0 Å². The van der Waals surface area contributed by atoms with Crippen LogP contribution in [0.15, 0.2) is 88.1 Å². The normalized spacial score (nSPS) is 22.7. The molecule has 5 rings (SSSR count). The summed E-state index contributed by atoms with van der Waals surface area (Å²) in [6.45, 7) is 13.3. The SMILES string of the molecule is C=C(/N=C1/C(F)=C(c2cccc3ccccc23)C(Cl)=C/C1=C(/C)N1CCN(C(C)=O)C(C)C1)N1CC(N(C)C)C1. The number of allylic oxidation sites excluding steroid dienone is 6. The van der Waals surface area contributed by atoms with E-state index in [1.165, 1.54) is 0 Å². The number of rotatable bonds is 5. The van der Waals surface area contributed by atoms with Gasteiger partial charge in [0.15, 0.2) is 5.83 Å². The number of carbonyl (C=O) groups is 1. The van der Waals surface area contributed by atoms with E-state index < -0.39 is 5.83 Å². The second-order valence-electron chi connectivity index (χ2n) is 11.1. The molecule has 3 aliphatic rings. The van der Waals surface area contributed by atoms with Crippen molar-refractivity contribution in [2.24, 2.45) is 4.99 Å². The van der Waals surface area contributed by atoms with Crippen molar-refractivity contribution >= 4 is 39.6 Å². The highest BCUT2D eigenvalue weighted by molar-refractivity contribution is 6.41. The minimum absolute atomic E-state index is 0.0379. The van der Waals surface area contributed by atoms with Gasteiger partial charge in [0.25, 0.3) is 0 Å². The molecule has 0 spiro atoms. The Labute approximate surface area is 241 Å². The third kappa shape index (κ3) is 5.20. The fourth-order valence-corrected chi connectivity index (χ4v) is 6.07. The third-order valence-corrected chi connectivity index (χ3v) is 8.64. The molecule has 40 heavy (non-hydrogen) atoms. The third-order valence-electron chi connectivity index (χ3n) is 8.35. The molecule has 2 aliphatic heterocycles. The molecule has 0 radical (unpaired) electrons. The Morgan fingerprint density at radius 2 is 1.75 bits per heavy atom. The Hall–Kier alpha value is -3.42. The number of aliphatic imine (C=N–C) groups is 1. The molecule has 1 aliphatic carbocycles. The van der Waals surface area contributed by atoms with Crippen molar-refractivity contribution in [2.75, 3.05) is 46.8 Å². The Morgan fingerprint density at radius 1 is 1.05 bits per heavy atom. The molecule has 6 nitrogen and oxygen atoms in total. The average Bonchev–Trinajstić information content (AvgIpc) is 2.88. The van der Waals surface area contributed by atoms with E-state index in [1.807, 2.05) is 67.3 Å². The molecule has 210 valence electrons. The first-order chi connectivity index (χ1) is 19.1. The predicted molar refractivity (Wildman–Crippen MR) is 163 cm³/mol. The lowest BCUT2D eigenvalue weighted by Crippen LogP contribution is -2.56. The summed E-state index contributed by atoms with van der Waals surface area (Å²) in [5, 5.41) is 2.27. The van der Waals surface area contributed by atoms with Gasteiger partial charge in [-0.1, -0.05) is 60.6 Å². The number of likely N-dealkylation sites (N-methyl/N-ethyl adjacent to an activating group) is 1. The van der Waals surface area contributed by atoms with Crippen LogP contribution in [-0.4, -0.2) is 90.1 Å². The number of likely N-dealkylation sites (tertiary alicyclic amines) is 1. The molecule has 0 aromatic heterocycles. The summed E-state index contributed by atoms with van der Waals surface area (Å²) in [5.41, 5.74) is 2.82. The van der Waals surface area contributed by atoms with Crippen molar-refractivity contribution in [2.45, 2.75) is 32.9 Å². The highest BCUT2D eigenvalue weighted by Gasteiger charge is 2.33. The first-order valence-electron chi connectivity index (χ1n) is 13.7. The van der Waals surface area contributed by atoms with Gasteiger partial charge < -0.3 is 19.6 Å². The Bertz CT molecular complexity index is 1480. The van der Waals surface area contributed by atoms with Crippen LogP contribution in [0.4, 0.5) is 4.39 Å². The molecule has 2 saturated heterocycles. The van der Waals surface area contributed by atoms with Crippen molar-refractivity contribution in [3.63, 3.8) is 0 Å². The monoisotopic (exact) mass is 561 g/mol. The molecule has 2 aromatic carbocycles. The maximum Gasteiger partial charge on any atom is 0.219 e. The summed E-state index contributed by atoms with van der Waals surface area (Å²) in [7, 11) is 4.11. The summed E-state index contributed by atoms with van der Waals surface area (Å²) >= 11 is 6.90. The number of fused-ring (bicyclic) bond motifs is 1. The van der Waals surface area contributed by atoms with Crippen LogP contribution in [0.5, 0.6) is 0 Å². The van der Waals surface area contributed by atoms with E-state index in [2.05, 4.69) is 35.4 Å². The van der Waals surface area contributed by atoms with Gasteiger partial charge in [0.1, 0.15) is 11.5 Å². The lowest BCUT2D eigenvalue weighted by Gasteiger charge is -2.44. The second kappa shape index (κ2) is 11.2. The van der Waals surface area contributed by atoms with Crippen molar-refractivity contribution in [1.29, 1.82) is 0 Å². The van der Waals surface area contributed by atoms with Gasteiger partial charge in [-0.15, -0.1) is 0 Å². The van der Waals surface area contributed by atoms with Crippen LogP contribution in [0.3, 0.4) is 0 Å². The van der Waals surface area contributed by atoms with E-state index in [-0.39, 0.29) is 17.7 Å². The maximum absolute atomic E-state index is 16.8. The molecule has 2 heterocycles. The summed E-state index contributed by atoms with van der Waals surface area (Å²) in [6.07, 6.45) is 1.84. The first-order valence-corrected chi connectivity index (χ1v) is 14.1. The molecular formula is C32H37ClFN5O. The molecule has 0 bridgehead atoms. The maximum atomic E-state index is 16.8. The Kier molecular flexibility index (Phi) is 7.89. The van der Waals surface area contributed by atoms with E-state index >= 15 is 4.39 Å². The minimum Gasteiger partial charge on any atom is -0.371 e. The quantitative estimate of drug-likeness (QED) is 0.474. The van der Waals surface area contributed by atoms with Crippen molar-refractivity contribution in [1.82, 2.24) is 19.6 Å². The highest BCUT2D eigenvalue weighted by atomic mass is 35.5. The summed E-state index contributed by atoms with van der Waals surface area (Å²) in [4.78, 5) is 25.2. The molecule has 0 N–H and O–H groups in total. The topological polar surface area (TPSA) is 42.4 Å². The van der Waals surface area contributed by atoms with E-state index in [1.54, 1.807) is 6.92 Å². The number of hydrogen-bond acceptors (Lipinski definition) is 5. The standard InChI is InChI=1S/C32H37ClFN5O/c1-20-17-37(14-15-39(20)23(4)40)21(2)28-16-29(33)30(27-13-9-11-24-10-7-8-12-26(24)27)31(34)32(28)35-22(3)38-18-25(19-38)36(5)6/h7-13,16,20,25H,3,14-15,17-19H2,1-2,4-6H3/b28-21+,35-32+. The first kappa shape index (κ1) is 28.1. The minimum atomic E-state index is -0.459. The molecule has 0 saturated carbocycles. The van der Waals surface area contributed by atoms with Gasteiger partial charge in [-0.25, -0.2) is 9.38 Å². The van der Waals surface area contributed by atoms with Gasteiger partial charge in [0.05, 0.1) is 5.03 Å². The molecule has 1 amide bonds. The smallest absolute Gasteiger partial charge is 0.219 e. The van der Waals surface area contributed by atoms with Gasteiger partial charge in [-0.05, 0) is 50.4 Å². The van der Waals surface area contributed by atoms with E-state index in [0.29, 0.717) is 47.7 Å². The lowest BCUT2D eigenvalue weighted by atomic mass is 9.90. The summed E-state index contributed by atoms with van der Waals surface area (Å²) in [5.74, 6) is 0.141. The fraction of sp³-hybridized carbons (Fsp3) is 0.375. The summed E-state index contributed by atoms with van der Waals surface area (Å²) < 4.78 is 16.8. The number of amides is 1. The van der Waals surface area contributed by atoms with Crippen LogP contribution < -0.4 is 0 Å². The van der Waals surface area contributed by atoms with Crippen LogP contribution >= 0.6 is 11.6 Å². The van der Waals surface area contributed by atoms with Gasteiger partial charge >= 0.3 is 0 Å². The molecule has 2 aromatic rings. The molecule has 1 unspecified atom stereocenters. The van der Waals surface area contributed by atoms with Gasteiger partial charge in [0.2, 0.25) is 5.91 Å². The van der Waals surface area contributed by atoms with Gasteiger partial charge in [0, 0.05) is 68.6 Å². The zero-order valence-corrected chi connectivity index (χ0v) is 24.7. The predicted octanol–water partition coefficient (Wildman–Crippen LogP) is 5.64. The molecular weight excluding hydrogens is 525 g/mol. The fourth-order valence-electron chi connectivity index (χ4n) is 5.78. The highest BCUT2D eigenvalue weighted by Crippen LogP contribution is 2.41. The van der Waals surface area contributed by atoms with Crippen molar-refractivity contribution < 1.29 is 9.18 Å². The van der Waals surface area contributed by atoms with Crippen LogP contribution in [0.1, 0.15) is 26.3 Å². The second-order valence-corrected chi connectivity index (χ2v) is 11.5. The number of nitrogens with zero attached hydrogens (tertiary/aromatic N) is 5. The Morgan fingerprint density at radius 3 is 2.42 bits per heavy atom. The van der Waals surface area contributed by atoms with Crippen LogP contribution in [-0.2, 0) is 4.79 Å². The average molecular weight is 562 g/mol. The number of halogens is 2. The molecule has 2 fully saturated rings. The van der Waals surface area contributed by atoms with Crippen molar-refractivity contribution in [3.05, 3.63) is 88.6 Å². The molecule has 8 heteroatoms. The number of benzene rings is 2. The number of hydrogen-bond donors (Lipinski definition) is 0. The summed E-state index contributed by atoms with van der Waals surface area (Å²) in [6, 6.07) is 14.2. The Balaban J connectivity index is 1.59. The van der Waals surface area contributed by atoms with E-state index in [0.717, 1.165) is 35.1 Å². The van der Waals surface area contributed by atoms with Crippen LogP contribution in [0.2, 0.25) is 0 Å². The zero-order valence-electron chi connectivity index (χ0n) is 23.9. The lowest BCUT2D eigenvalue weighted by molar-refractivity contribution is -0.132.